The molecule has 0 fully saturated rings. The predicted octanol–water partition coefficient (Wildman–Crippen LogP) is 9.16. The summed E-state index contributed by atoms with van der Waals surface area (Å²) in [6.45, 7) is 6.73. The molecule has 3 N–H and O–H groups in total. The molecule has 0 bridgehead atoms. The van der Waals surface area contributed by atoms with Gasteiger partial charge in [0.1, 0.15) is 24.4 Å². The van der Waals surface area contributed by atoms with E-state index < -0.39 is 30.0 Å². The number of carboxylic acid groups (broad SMARTS) is 1. The van der Waals surface area contributed by atoms with E-state index in [9.17, 15) is 19.5 Å². The lowest BCUT2D eigenvalue weighted by atomic mass is 9.92. The van der Waals surface area contributed by atoms with Gasteiger partial charge in [-0.1, -0.05) is 90.5 Å². The minimum atomic E-state index is -1.24. The van der Waals surface area contributed by atoms with Gasteiger partial charge in [0, 0.05) is 42.7 Å². The first-order valence-corrected chi connectivity index (χ1v) is 21.5. The number of aliphatic carboxylic acids is 1. The van der Waals surface area contributed by atoms with E-state index in [4.69, 9.17) is 25.8 Å². The highest BCUT2D eigenvalue weighted by Crippen LogP contribution is 2.41. The topological polar surface area (TPSA) is 139 Å². The van der Waals surface area contributed by atoms with Gasteiger partial charge < -0.3 is 34.9 Å². The Labute approximate surface area is 372 Å². The van der Waals surface area contributed by atoms with Crippen molar-refractivity contribution in [2.75, 3.05) is 13.2 Å². The summed E-state index contributed by atoms with van der Waals surface area (Å²) >= 11 is 6.01. The molecule has 0 aliphatic carbocycles. The predicted molar refractivity (Wildman–Crippen MR) is 241 cm³/mol. The highest BCUT2D eigenvalue weighted by molar-refractivity contribution is 6.30. The fraction of sp³-hybridized carbons (Fsp3) is 0.255. The van der Waals surface area contributed by atoms with E-state index in [1.807, 2.05) is 142 Å². The highest BCUT2D eigenvalue weighted by atomic mass is 35.5. The van der Waals surface area contributed by atoms with Crippen LogP contribution >= 0.6 is 11.6 Å². The highest BCUT2D eigenvalue weighted by Gasteiger charge is 2.38. The smallest absolute Gasteiger partial charge is 0.326 e. The van der Waals surface area contributed by atoms with Crippen molar-refractivity contribution < 1.29 is 33.7 Å². The van der Waals surface area contributed by atoms with Crippen LogP contribution < -0.4 is 24.8 Å². The molecule has 0 spiro atoms. The Kier molecular flexibility index (Phi) is 12.9. The SMILES string of the molecule is Cc1nccc(-c2ccc(CC(NC(=O)C3Cc4cc5c(cc4CN3C(=O)NC(C)c3ccccc3)OC(c3ccc(OCCc4ccc(Cl)cc4)cc3)CO5)C(=O)O)cc2)c1C. The van der Waals surface area contributed by atoms with Crippen molar-refractivity contribution in [1.29, 1.82) is 0 Å². The van der Waals surface area contributed by atoms with Crippen molar-refractivity contribution >= 4 is 29.5 Å². The van der Waals surface area contributed by atoms with Gasteiger partial charge in [-0.15, -0.1) is 0 Å². The minimum Gasteiger partial charge on any atom is -0.493 e. The third kappa shape index (κ3) is 10.1. The largest absolute Gasteiger partial charge is 0.493 e. The molecule has 0 radical (unpaired) electrons. The molecule has 63 heavy (non-hydrogen) atoms. The molecule has 2 aliphatic rings. The molecule has 0 saturated carbocycles. The standard InChI is InChI=1S/C51H49ClN4O7/c1-31-32(2)53-23-21-43(31)37-13-9-35(10-14-37)25-44(50(58)59)55-49(57)45-26-39-27-46-47(28-40(39)29-56(45)51(60)54-33(3)36-7-5-4-6-8-36)63-48(30-62-46)38-15-19-42(20-16-38)61-24-22-34-11-17-41(52)18-12-34/h4-21,23,27-28,33,44-45,48H,22,24-26,29-30H2,1-3H3,(H,54,60)(H,55,57)(H,58,59). The fourth-order valence-corrected chi connectivity index (χ4v) is 8.18. The van der Waals surface area contributed by atoms with E-state index in [0.29, 0.717) is 23.1 Å². The number of fused-ring (bicyclic) bond motifs is 2. The van der Waals surface area contributed by atoms with E-state index in [2.05, 4.69) is 15.6 Å². The van der Waals surface area contributed by atoms with Crippen LogP contribution in [0.25, 0.3) is 11.1 Å². The molecule has 1 aromatic heterocycles. The maximum Gasteiger partial charge on any atom is 0.326 e. The van der Waals surface area contributed by atoms with E-state index in [1.54, 1.807) is 6.20 Å². The van der Waals surface area contributed by atoms with Crippen molar-refractivity contribution in [1.82, 2.24) is 20.5 Å². The monoisotopic (exact) mass is 864 g/mol. The molecule has 3 heterocycles. The summed E-state index contributed by atoms with van der Waals surface area (Å²) in [5, 5.41) is 16.9. The number of hydrogen-bond donors (Lipinski definition) is 3. The number of halogens is 1. The number of hydrogen-bond acceptors (Lipinski definition) is 7. The van der Waals surface area contributed by atoms with E-state index in [-0.39, 0.29) is 38.1 Å². The molecule has 11 nitrogen and oxygen atoms in total. The zero-order valence-corrected chi connectivity index (χ0v) is 36.1. The molecule has 12 heteroatoms. The molecule has 3 amide bonds. The molecule has 4 atom stereocenters. The van der Waals surface area contributed by atoms with Crippen LogP contribution in [0.2, 0.25) is 5.02 Å². The van der Waals surface area contributed by atoms with Gasteiger partial charge in [-0.05, 0) is 113 Å². The summed E-state index contributed by atoms with van der Waals surface area (Å²) in [4.78, 5) is 46.9. The number of benzene rings is 5. The summed E-state index contributed by atoms with van der Waals surface area (Å²) < 4.78 is 18.7. The number of carboxylic acids is 1. The number of carbonyl (C=O) groups is 3. The van der Waals surface area contributed by atoms with E-state index in [0.717, 1.165) is 67.9 Å². The lowest BCUT2D eigenvalue weighted by Gasteiger charge is -2.38. The van der Waals surface area contributed by atoms with Crippen LogP contribution in [0, 0.1) is 13.8 Å². The van der Waals surface area contributed by atoms with E-state index >= 15 is 0 Å². The molecular weight excluding hydrogens is 816 g/mol. The van der Waals surface area contributed by atoms with Crippen LogP contribution in [-0.2, 0) is 35.4 Å². The first-order valence-electron chi connectivity index (χ1n) is 21.1. The van der Waals surface area contributed by atoms with E-state index in [1.165, 1.54) is 4.90 Å². The molecule has 0 saturated heterocycles. The van der Waals surface area contributed by atoms with Gasteiger partial charge in [-0.3, -0.25) is 9.78 Å². The van der Waals surface area contributed by atoms with Gasteiger partial charge in [0.2, 0.25) is 5.91 Å². The van der Waals surface area contributed by atoms with Gasteiger partial charge >= 0.3 is 12.0 Å². The Balaban J connectivity index is 0.975. The molecule has 2 aliphatic heterocycles. The number of carbonyl (C=O) groups excluding carboxylic acids is 2. The van der Waals surface area contributed by atoms with Crippen molar-refractivity contribution in [3.05, 3.63) is 177 Å². The van der Waals surface area contributed by atoms with Gasteiger partial charge in [-0.25, -0.2) is 9.59 Å². The Morgan fingerprint density at radius 2 is 1.59 bits per heavy atom. The number of pyridine rings is 1. The number of aryl methyl sites for hydroxylation is 1. The minimum absolute atomic E-state index is 0.0518. The van der Waals surface area contributed by atoms with Crippen LogP contribution in [0.5, 0.6) is 17.2 Å². The van der Waals surface area contributed by atoms with Gasteiger partial charge in [0.05, 0.1) is 12.6 Å². The lowest BCUT2D eigenvalue weighted by molar-refractivity contribution is -0.142. The van der Waals surface area contributed by atoms with Crippen LogP contribution in [-0.4, -0.2) is 58.2 Å². The second kappa shape index (κ2) is 19.0. The number of aromatic nitrogens is 1. The summed E-state index contributed by atoms with van der Waals surface area (Å²) in [7, 11) is 0. The third-order valence-electron chi connectivity index (χ3n) is 11.9. The maximum atomic E-state index is 14.3. The summed E-state index contributed by atoms with van der Waals surface area (Å²) in [6.07, 6.45) is 2.32. The molecule has 4 unspecified atom stereocenters. The average molecular weight is 865 g/mol. The normalized spacial score (nSPS) is 16.3. The number of nitrogens with one attached hydrogen (secondary N) is 2. The molecule has 8 rings (SSSR count). The van der Waals surface area contributed by atoms with Crippen LogP contribution in [0.3, 0.4) is 0 Å². The van der Waals surface area contributed by atoms with Crippen LogP contribution in [0.1, 0.15) is 63.7 Å². The zero-order valence-electron chi connectivity index (χ0n) is 35.3. The zero-order chi connectivity index (χ0) is 44.0. The van der Waals surface area contributed by atoms with Crippen molar-refractivity contribution in [2.24, 2.45) is 0 Å². The fourth-order valence-electron chi connectivity index (χ4n) is 8.05. The van der Waals surface area contributed by atoms with Crippen LogP contribution in [0.4, 0.5) is 4.79 Å². The first kappa shape index (κ1) is 42.8. The number of amides is 3. The molecule has 322 valence electrons. The quantitative estimate of drug-likeness (QED) is 0.105. The lowest BCUT2D eigenvalue weighted by Crippen LogP contribution is -2.57. The number of urea groups is 1. The first-order chi connectivity index (χ1) is 30.5. The van der Waals surface area contributed by atoms with Crippen molar-refractivity contribution in [3.63, 3.8) is 0 Å². The van der Waals surface area contributed by atoms with Gasteiger partial charge in [0.15, 0.2) is 17.6 Å². The molecule has 6 aromatic rings. The second-order valence-electron chi connectivity index (χ2n) is 16.1. The maximum absolute atomic E-state index is 14.3. The molecular formula is C51H49ClN4O7. The Bertz CT molecular complexity index is 2590. The van der Waals surface area contributed by atoms with Crippen molar-refractivity contribution in [3.8, 4) is 28.4 Å². The third-order valence-corrected chi connectivity index (χ3v) is 12.1. The number of ether oxygens (including phenoxy) is 3. The van der Waals surface area contributed by atoms with Crippen LogP contribution in [0.15, 0.2) is 128 Å². The number of nitrogens with zero attached hydrogens (tertiary/aromatic N) is 2. The van der Waals surface area contributed by atoms with Crippen molar-refractivity contribution in [2.45, 2.75) is 70.8 Å². The number of rotatable bonds is 13. The van der Waals surface area contributed by atoms with Gasteiger partial charge in [0.25, 0.3) is 0 Å². The summed E-state index contributed by atoms with van der Waals surface area (Å²) in [5.74, 6) is 0.0602. The molecule has 5 aromatic carbocycles. The summed E-state index contributed by atoms with van der Waals surface area (Å²) in [5.41, 5.74) is 9.34. The average Bonchev–Trinajstić information content (AvgIpc) is 3.29. The summed E-state index contributed by atoms with van der Waals surface area (Å²) in [6, 6.07) is 35.3. The second-order valence-corrected chi connectivity index (χ2v) is 16.5. The Morgan fingerprint density at radius 1 is 0.873 bits per heavy atom. The Morgan fingerprint density at radius 3 is 2.32 bits per heavy atom. The Hall–Kier alpha value is -6.85. The van der Waals surface area contributed by atoms with Gasteiger partial charge in [-0.2, -0.15) is 0 Å².